The summed E-state index contributed by atoms with van der Waals surface area (Å²) in [6.45, 7) is 8.69. The van der Waals surface area contributed by atoms with Crippen LogP contribution < -0.4 is 10.6 Å². The van der Waals surface area contributed by atoms with E-state index in [1.54, 1.807) is 7.11 Å². The normalized spacial score (nSPS) is 21.8. The van der Waals surface area contributed by atoms with Crippen molar-refractivity contribution in [1.82, 2.24) is 10.6 Å². The van der Waals surface area contributed by atoms with Crippen molar-refractivity contribution in [2.45, 2.75) is 33.3 Å². The van der Waals surface area contributed by atoms with Gasteiger partial charge < -0.3 is 15.4 Å². The SMILES string of the molecule is COC(CNC(=O)C1CCNC1)C(C)(C)C.Cl. The van der Waals surface area contributed by atoms with Gasteiger partial charge in [-0.2, -0.15) is 0 Å². The molecule has 102 valence electrons. The lowest BCUT2D eigenvalue weighted by Crippen LogP contribution is -2.42. The van der Waals surface area contributed by atoms with Gasteiger partial charge in [-0.25, -0.2) is 0 Å². The third-order valence-corrected chi connectivity index (χ3v) is 3.14. The van der Waals surface area contributed by atoms with Crippen molar-refractivity contribution in [1.29, 1.82) is 0 Å². The van der Waals surface area contributed by atoms with Gasteiger partial charge in [0.1, 0.15) is 0 Å². The Morgan fingerprint density at radius 3 is 2.59 bits per heavy atom. The molecule has 1 amide bonds. The van der Waals surface area contributed by atoms with Crippen molar-refractivity contribution in [3.8, 4) is 0 Å². The molecular formula is C12H25ClN2O2. The molecule has 1 aliphatic rings. The number of halogens is 1. The molecule has 2 atom stereocenters. The van der Waals surface area contributed by atoms with Gasteiger partial charge in [-0.1, -0.05) is 20.8 Å². The van der Waals surface area contributed by atoms with Gasteiger partial charge in [-0.3, -0.25) is 4.79 Å². The molecular weight excluding hydrogens is 240 g/mol. The summed E-state index contributed by atoms with van der Waals surface area (Å²) in [6, 6.07) is 0. The lowest BCUT2D eigenvalue weighted by atomic mass is 9.89. The summed E-state index contributed by atoms with van der Waals surface area (Å²) in [5, 5.41) is 6.17. The van der Waals surface area contributed by atoms with Crippen LogP contribution in [0.2, 0.25) is 0 Å². The maximum atomic E-state index is 11.8. The van der Waals surface area contributed by atoms with Gasteiger partial charge in [0.2, 0.25) is 5.91 Å². The molecule has 0 spiro atoms. The van der Waals surface area contributed by atoms with E-state index in [1.807, 2.05) is 0 Å². The first-order valence-corrected chi connectivity index (χ1v) is 5.96. The van der Waals surface area contributed by atoms with E-state index in [0.29, 0.717) is 6.54 Å². The van der Waals surface area contributed by atoms with Gasteiger partial charge in [-0.05, 0) is 18.4 Å². The second-order valence-corrected chi connectivity index (χ2v) is 5.53. The fourth-order valence-corrected chi connectivity index (χ4v) is 1.96. The highest BCUT2D eigenvalue weighted by atomic mass is 35.5. The number of rotatable bonds is 4. The number of carbonyl (C=O) groups is 1. The minimum Gasteiger partial charge on any atom is -0.379 e. The Kier molecular flexibility index (Phi) is 7.05. The zero-order valence-electron chi connectivity index (χ0n) is 11.2. The minimum absolute atomic E-state index is 0. The molecule has 4 nitrogen and oxygen atoms in total. The molecule has 0 radical (unpaired) electrons. The topological polar surface area (TPSA) is 50.4 Å². The Labute approximate surface area is 110 Å². The van der Waals surface area contributed by atoms with E-state index in [0.717, 1.165) is 19.5 Å². The summed E-state index contributed by atoms with van der Waals surface area (Å²) in [5.74, 6) is 0.286. The summed E-state index contributed by atoms with van der Waals surface area (Å²) in [7, 11) is 1.69. The van der Waals surface area contributed by atoms with Gasteiger partial charge in [0.25, 0.3) is 0 Å². The van der Waals surface area contributed by atoms with Crippen LogP contribution in [0.1, 0.15) is 27.2 Å². The number of nitrogens with one attached hydrogen (secondary N) is 2. The van der Waals surface area contributed by atoms with Gasteiger partial charge in [-0.15, -0.1) is 12.4 Å². The molecule has 17 heavy (non-hydrogen) atoms. The van der Waals surface area contributed by atoms with Crippen LogP contribution in [0, 0.1) is 11.3 Å². The average molecular weight is 265 g/mol. The summed E-state index contributed by atoms with van der Waals surface area (Å²) < 4.78 is 5.40. The van der Waals surface area contributed by atoms with E-state index in [2.05, 4.69) is 31.4 Å². The van der Waals surface area contributed by atoms with Crippen LogP contribution in [0.15, 0.2) is 0 Å². The summed E-state index contributed by atoms with van der Waals surface area (Å²) in [5.41, 5.74) is 0.0515. The fourth-order valence-electron chi connectivity index (χ4n) is 1.96. The van der Waals surface area contributed by atoms with E-state index in [9.17, 15) is 4.79 Å². The third kappa shape index (κ3) is 5.23. The second-order valence-electron chi connectivity index (χ2n) is 5.53. The van der Waals surface area contributed by atoms with Gasteiger partial charge in [0.15, 0.2) is 0 Å². The molecule has 2 N–H and O–H groups in total. The monoisotopic (exact) mass is 264 g/mol. The Morgan fingerprint density at radius 1 is 1.53 bits per heavy atom. The van der Waals surface area contributed by atoms with Crippen molar-refractivity contribution in [2.75, 3.05) is 26.7 Å². The van der Waals surface area contributed by atoms with Gasteiger partial charge in [0.05, 0.1) is 12.0 Å². The predicted molar refractivity (Wildman–Crippen MR) is 71.5 cm³/mol. The molecule has 5 heteroatoms. The van der Waals surface area contributed by atoms with Crippen molar-refractivity contribution >= 4 is 18.3 Å². The number of carbonyl (C=O) groups excluding carboxylic acids is 1. The van der Waals surface area contributed by atoms with Crippen LogP contribution in [-0.2, 0) is 9.53 Å². The molecule has 2 unspecified atom stereocenters. The van der Waals surface area contributed by atoms with E-state index < -0.39 is 0 Å². The van der Waals surface area contributed by atoms with Crippen LogP contribution >= 0.6 is 12.4 Å². The third-order valence-electron chi connectivity index (χ3n) is 3.14. The number of ether oxygens (including phenoxy) is 1. The van der Waals surface area contributed by atoms with Crippen molar-refractivity contribution in [3.63, 3.8) is 0 Å². The Bertz CT molecular complexity index is 235. The molecule has 1 fully saturated rings. The molecule has 1 heterocycles. The largest absolute Gasteiger partial charge is 0.379 e. The molecule has 0 aromatic heterocycles. The lowest BCUT2D eigenvalue weighted by Gasteiger charge is -2.29. The van der Waals surface area contributed by atoms with Gasteiger partial charge in [0, 0.05) is 20.2 Å². The number of methoxy groups -OCH3 is 1. The molecule has 0 aromatic carbocycles. The molecule has 0 bridgehead atoms. The first-order chi connectivity index (χ1) is 7.45. The minimum atomic E-state index is 0. The average Bonchev–Trinajstić information content (AvgIpc) is 2.68. The molecule has 1 rings (SSSR count). The van der Waals surface area contributed by atoms with E-state index in [4.69, 9.17) is 4.74 Å². The van der Waals surface area contributed by atoms with Crippen LogP contribution in [0.3, 0.4) is 0 Å². The lowest BCUT2D eigenvalue weighted by molar-refractivity contribution is -0.125. The summed E-state index contributed by atoms with van der Waals surface area (Å²) in [4.78, 5) is 11.8. The van der Waals surface area contributed by atoms with Crippen molar-refractivity contribution in [3.05, 3.63) is 0 Å². The first kappa shape index (κ1) is 16.7. The van der Waals surface area contributed by atoms with Crippen LogP contribution in [0.4, 0.5) is 0 Å². The smallest absolute Gasteiger partial charge is 0.224 e. The zero-order valence-corrected chi connectivity index (χ0v) is 12.0. The van der Waals surface area contributed by atoms with Crippen molar-refractivity contribution < 1.29 is 9.53 Å². The molecule has 0 aliphatic carbocycles. The zero-order chi connectivity index (χ0) is 12.2. The number of amides is 1. The second kappa shape index (κ2) is 7.19. The van der Waals surface area contributed by atoms with Crippen LogP contribution in [0.25, 0.3) is 0 Å². The standard InChI is InChI=1S/C12H24N2O2.ClH/c1-12(2,3)10(16-4)8-14-11(15)9-5-6-13-7-9;/h9-10,13H,5-8H2,1-4H3,(H,14,15);1H. The van der Waals surface area contributed by atoms with Crippen LogP contribution in [0.5, 0.6) is 0 Å². The fraction of sp³-hybridized carbons (Fsp3) is 0.917. The first-order valence-electron chi connectivity index (χ1n) is 5.96. The highest BCUT2D eigenvalue weighted by molar-refractivity contribution is 5.85. The Morgan fingerprint density at radius 2 is 2.18 bits per heavy atom. The van der Waals surface area contributed by atoms with E-state index in [1.165, 1.54) is 0 Å². The quantitative estimate of drug-likeness (QED) is 0.802. The summed E-state index contributed by atoms with van der Waals surface area (Å²) in [6.07, 6.45) is 1.00. The number of hydrogen-bond donors (Lipinski definition) is 2. The molecule has 1 saturated heterocycles. The molecule has 0 aromatic rings. The predicted octanol–water partition coefficient (Wildman–Crippen LogP) is 1.19. The molecule has 0 saturated carbocycles. The van der Waals surface area contributed by atoms with E-state index >= 15 is 0 Å². The Balaban J connectivity index is 0.00000256. The van der Waals surface area contributed by atoms with Gasteiger partial charge >= 0.3 is 0 Å². The van der Waals surface area contributed by atoms with Crippen molar-refractivity contribution in [2.24, 2.45) is 11.3 Å². The highest BCUT2D eigenvalue weighted by Gasteiger charge is 2.27. The highest BCUT2D eigenvalue weighted by Crippen LogP contribution is 2.21. The van der Waals surface area contributed by atoms with Crippen LogP contribution in [-0.4, -0.2) is 38.8 Å². The Hall–Kier alpha value is -0.320. The van der Waals surface area contributed by atoms with E-state index in [-0.39, 0.29) is 35.8 Å². The number of hydrogen-bond acceptors (Lipinski definition) is 3. The molecule has 1 aliphatic heterocycles. The maximum absolute atomic E-state index is 11.8. The maximum Gasteiger partial charge on any atom is 0.224 e. The summed E-state index contributed by atoms with van der Waals surface area (Å²) >= 11 is 0.